The molecule has 30 heteroatoms. The van der Waals surface area contributed by atoms with Crippen molar-refractivity contribution in [1.82, 2.24) is 0 Å². The van der Waals surface area contributed by atoms with Gasteiger partial charge in [-0.05, 0) is 0 Å². The molecule has 0 N–H and O–H groups in total. The molecule has 0 fully saturated rings. The minimum atomic E-state index is -6.35. The van der Waals surface area contributed by atoms with Crippen molar-refractivity contribution in [1.29, 1.82) is 0 Å². The van der Waals surface area contributed by atoms with E-state index in [2.05, 4.69) is 6.03 Å². The Morgan fingerprint density at radius 3 is 0.659 bits per heavy atom. The van der Waals surface area contributed by atoms with E-state index in [1.165, 1.54) is 24.3 Å². The third-order valence-corrected chi connectivity index (χ3v) is 4.92. The third-order valence-electron chi connectivity index (χ3n) is 2.47. The zero-order valence-corrected chi connectivity index (χ0v) is 36.2. The second kappa shape index (κ2) is 23.3. The standard InChI is InChI=1S/2C7H8O.6FH.16O.6Sb/c2*1-6-2-4-7(8)5-3-6;;;;;;;;;;;;;;;;;;;;;;;;;;;;/h2*2-5,8H,1H3;6*1H;;;;;;;;;;;;;;;;;;;;;;/q;;;;;;;;;;;;;;10*-1;4*+1;2*+2/p-8. The molecule has 0 aromatic heterocycles. The molecule has 2 rings (SSSR count). The summed E-state index contributed by atoms with van der Waals surface area (Å²) in [6.45, 7) is 3.67. The van der Waals surface area contributed by atoms with Gasteiger partial charge in [-0.15, -0.1) is 0 Å². The van der Waals surface area contributed by atoms with Crippen LogP contribution in [0.25, 0.3) is 0 Å². The molecule has 2 atom stereocenters. The van der Waals surface area contributed by atoms with Crippen molar-refractivity contribution < 1.29 is 74.9 Å². The first-order valence-electron chi connectivity index (χ1n) is 9.35. The summed E-state index contributed by atoms with van der Waals surface area (Å²) >= 11 is -37.4. The second-order valence-electron chi connectivity index (χ2n) is 6.39. The van der Waals surface area contributed by atoms with Crippen molar-refractivity contribution in [2.24, 2.45) is 0 Å². The zero-order chi connectivity index (χ0) is 36.4. The average Bonchev–Trinajstić information content (AvgIpc) is 2.65. The van der Waals surface area contributed by atoms with Gasteiger partial charge in [0, 0.05) is 0 Å². The van der Waals surface area contributed by atoms with E-state index >= 15 is 0 Å². The Hall–Kier alpha value is 0.929. The first-order chi connectivity index (χ1) is 18.9. The number of hydrogen-bond donors (Lipinski definition) is 0. The molecule has 18 nitrogen and oxygen atoms in total. The molecule has 260 valence electrons. The van der Waals surface area contributed by atoms with Crippen LogP contribution >= 0.6 is 0 Å². The molecule has 2 unspecified atom stereocenters. The fourth-order valence-electron chi connectivity index (χ4n) is 1.45. The predicted molar refractivity (Wildman–Crippen MR) is 109 cm³/mol. The summed E-state index contributed by atoms with van der Waals surface area (Å²) in [6, 6.07) is 12.2. The van der Waals surface area contributed by atoms with Crippen LogP contribution in [0.1, 0.15) is 11.1 Å². The zero-order valence-electron chi connectivity index (χ0n) is 20.9. The molecule has 0 bridgehead atoms. The van der Waals surface area contributed by atoms with Crippen molar-refractivity contribution in [3.05, 3.63) is 59.7 Å². The molecular weight excluding hydrogens is 1300 g/mol. The Morgan fingerprint density at radius 1 is 0.409 bits per heavy atom. The van der Waals surface area contributed by atoms with Crippen LogP contribution in [0.5, 0.6) is 11.5 Å². The van der Waals surface area contributed by atoms with Crippen LogP contribution in [0.3, 0.4) is 0 Å². The van der Waals surface area contributed by atoms with Gasteiger partial charge in [0.15, 0.2) is 0 Å². The number of rotatable bonds is 4. The van der Waals surface area contributed by atoms with Crippen molar-refractivity contribution in [3.8, 4) is 11.5 Å². The SMILES string of the molecule is Cc1ccc([O][Sb](=[O])([O-])[F])cc1.Cc1ccc([O][Sb](=[O])([O-])[F])cc1.[O]=[Sb]([O-])([O-])[F].[O]=[Sb]([O-])([O-])[F].[O]=[Sb]([O-])([O-])[F].[O]=[Sb]([O-])([O-])[F]. The Labute approximate surface area is 277 Å². The van der Waals surface area contributed by atoms with Crippen molar-refractivity contribution >= 4 is 121 Å². The van der Waals surface area contributed by atoms with Crippen molar-refractivity contribution in [2.45, 2.75) is 13.8 Å². The van der Waals surface area contributed by atoms with E-state index in [1.54, 1.807) is 24.3 Å². The summed E-state index contributed by atoms with van der Waals surface area (Å²) in [7, 11) is 0. The van der Waals surface area contributed by atoms with E-state index in [0.717, 1.165) is 11.1 Å². The van der Waals surface area contributed by atoms with E-state index in [1.807, 2.05) is 13.8 Å². The van der Waals surface area contributed by atoms with E-state index in [9.17, 15) is 29.7 Å². The number of aryl methyl sites for hydroxylation is 2. The number of hydrogen-bond acceptors (Lipinski definition) is 18. The van der Waals surface area contributed by atoms with Crippen LogP contribution in [0.2, 0.25) is 0 Å². The van der Waals surface area contributed by atoms with Gasteiger partial charge in [-0.3, -0.25) is 0 Å². The topological polar surface area (TPSA) is 351 Å². The molecule has 0 aliphatic carbocycles. The molecule has 2 aromatic carbocycles. The molecular formula is C14H14F6O18Sb6-10. The third kappa shape index (κ3) is 78.9. The van der Waals surface area contributed by atoms with Crippen LogP contribution in [-0.2, 0) is 18.1 Å². The molecule has 0 radical (unpaired) electrons. The first kappa shape index (κ1) is 51.8. The van der Waals surface area contributed by atoms with Gasteiger partial charge in [0.1, 0.15) is 0 Å². The molecule has 0 saturated carbocycles. The molecule has 0 amide bonds. The molecule has 2 aromatic rings. The van der Waals surface area contributed by atoms with Gasteiger partial charge in [-0.1, -0.05) is 0 Å². The Kier molecular flexibility index (Phi) is 27.4. The first-order valence-corrected chi connectivity index (χ1v) is 33.9. The van der Waals surface area contributed by atoms with Gasteiger partial charge < -0.3 is 0 Å². The quantitative estimate of drug-likeness (QED) is 0.203. The summed E-state index contributed by atoms with van der Waals surface area (Å²) in [4.78, 5) is 0. The van der Waals surface area contributed by atoms with Gasteiger partial charge >= 0.3 is 281 Å². The monoisotopic (exact) mass is 1310 g/mol. The summed E-state index contributed by atoms with van der Waals surface area (Å²) in [5, 5.41) is 0. The molecule has 0 spiro atoms. The molecule has 0 heterocycles. The fourth-order valence-corrected chi connectivity index (χ4v) is 3.58. The Morgan fingerprint density at radius 2 is 0.545 bits per heavy atom. The fraction of sp³-hybridized carbons (Fsp3) is 0.143. The van der Waals surface area contributed by atoms with Crippen LogP contribution in [0, 0.1) is 13.8 Å². The van der Waals surface area contributed by atoms with E-state index in [0.29, 0.717) is 0 Å². The number of halogens is 6. The van der Waals surface area contributed by atoms with Gasteiger partial charge in [-0.2, -0.15) is 0 Å². The minimum absolute atomic E-state index is 0.0269. The summed E-state index contributed by atoms with van der Waals surface area (Å²) in [5.41, 5.74) is 1.91. The summed E-state index contributed by atoms with van der Waals surface area (Å²) in [6.07, 6.45) is 0. The van der Waals surface area contributed by atoms with Crippen LogP contribution in [-0.4, -0.2) is 121 Å². The van der Waals surface area contributed by atoms with E-state index in [4.69, 9.17) is 39.2 Å². The van der Waals surface area contributed by atoms with E-state index < -0.39 is 121 Å². The molecule has 0 aliphatic heterocycles. The number of benzene rings is 2. The Balaban J connectivity index is -0.000000232. The van der Waals surface area contributed by atoms with Gasteiger partial charge in [0.05, 0.1) is 0 Å². The maximum absolute atomic E-state index is 12.0. The van der Waals surface area contributed by atoms with Gasteiger partial charge in [-0.25, -0.2) is 0 Å². The predicted octanol–water partition coefficient (Wildman–Crippen LogP) is -8.69. The normalized spacial score (nSPS) is 13.7. The summed E-state index contributed by atoms with van der Waals surface area (Å²) in [5.74, 6) is 0.0539. The molecule has 0 aliphatic rings. The molecule has 0 saturated heterocycles. The van der Waals surface area contributed by atoms with Gasteiger partial charge in [0.25, 0.3) is 0 Å². The average molecular weight is 1310 g/mol. The van der Waals surface area contributed by atoms with E-state index in [-0.39, 0.29) is 11.5 Å². The van der Waals surface area contributed by atoms with Gasteiger partial charge in [0.2, 0.25) is 0 Å². The van der Waals surface area contributed by atoms with Crippen molar-refractivity contribution in [3.63, 3.8) is 0 Å². The Bertz CT molecular complexity index is 1180. The maximum atomic E-state index is 12.0. The van der Waals surface area contributed by atoms with Crippen LogP contribution < -0.4 is 39.9 Å². The second-order valence-corrected chi connectivity index (χ2v) is 22.2. The molecule has 44 heavy (non-hydrogen) atoms. The summed E-state index contributed by atoms with van der Waals surface area (Å²) < 4.78 is 216. The van der Waals surface area contributed by atoms with Crippen LogP contribution in [0.15, 0.2) is 48.5 Å². The van der Waals surface area contributed by atoms with Crippen LogP contribution in [0.4, 0.5) is 16.9 Å². The van der Waals surface area contributed by atoms with Crippen molar-refractivity contribution in [2.75, 3.05) is 0 Å².